The summed E-state index contributed by atoms with van der Waals surface area (Å²) >= 11 is 6.90. The van der Waals surface area contributed by atoms with Crippen molar-refractivity contribution in [2.24, 2.45) is 15.9 Å². The van der Waals surface area contributed by atoms with Gasteiger partial charge in [0.15, 0.2) is 11.1 Å². The second-order valence-corrected chi connectivity index (χ2v) is 3.72. The van der Waals surface area contributed by atoms with Gasteiger partial charge in [-0.05, 0) is 13.2 Å². The number of amides is 1. The van der Waals surface area contributed by atoms with Gasteiger partial charge in [-0.15, -0.1) is 0 Å². The first kappa shape index (κ1) is 12.2. The van der Waals surface area contributed by atoms with Crippen LogP contribution >= 0.6 is 23.4 Å². The number of esters is 1. The van der Waals surface area contributed by atoms with Crippen molar-refractivity contribution in [1.29, 1.82) is 0 Å². The van der Waals surface area contributed by atoms with Gasteiger partial charge in [0.1, 0.15) is 5.17 Å². The van der Waals surface area contributed by atoms with Gasteiger partial charge < -0.3 is 4.74 Å². The highest BCUT2D eigenvalue weighted by atomic mass is 35.5. The van der Waals surface area contributed by atoms with E-state index in [-0.39, 0.29) is 16.9 Å². The number of thioether (sulfide) groups is 1. The van der Waals surface area contributed by atoms with Crippen molar-refractivity contribution >= 4 is 45.6 Å². The van der Waals surface area contributed by atoms with Crippen molar-refractivity contribution in [2.45, 2.75) is 6.92 Å². The molecule has 0 fully saturated rings. The van der Waals surface area contributed by atoms with Crippen molar-refractivity contribution in [3.05, 3.63) is 0 Å². The Bertz CT molecular complexity index is 354. The van der Waals surface area contributed by atoms with Gasteiger partial charge in [0.2, 0.25) is 0 Å². The van der Waals surface area contributed by atoms with Crippen LogP contribution in [0.25, 0.3) is 0 Å². The third-order valence-electron chi connectivity index (χ3n) is 1.60. The molecule has 0 spiro atoms. The third-order valence-corrected chi connectivity index (χ3v) is 2.45. The van der Waals surface area contributed by atoms with Crippen molar-refractivity contribution in [1.82, 2.24) is 0 Å². The van der Waals surface area contributed by atoms with Crippen LogP contribution in [-0.2, 0) is 14.3 Å². The van der Waals surface area contributed by atoms with Crippen molar-refractivity contribution < 1.29 is 14.3 Å². The molecule has 82 valence electrons. The molecule has 1 heterocycles. The van der Waals surface area contributed by atoms with Crippen LogP contribution in [-0.4, -0.2) is 35.1 Å². The number of ether oxygens (including phenoxy) is 1. The van der Waals surface area contributed by atoms with Crippen LogP contribution in [0.2, 0.25) is 0 Å². The van der Waals surface area contributed by atoms with E-state index in [1.165, 1.54) is 11.8 Å². The van der Waals surface area contributed by atoms with Gasteiger partial charge in [0.05, 0.1) is 6.61 Å². The molecule has 0 aromatic rings. The summed E-state index contributed by atoms with van der Waals surface area (Å²) in [7, 11) is 0. The van der Waals surface area contributed by atoms with Gasteiger partial charge in [0.25, 0.3) is 5.91 Å². The van der Waals surface area contributed by atoms with Crippen LogP contribution in [0.15, 0.2) is 9.98 Å². The first-order valence-corrected chi connectivity index (χ1v) is 5.77. The molecule has 1 aliphatic rings. The number of amidine groups is 1. The quantitative estimate of drug-likeness (QED) is 0.541. The van der Waals surface area contributed by atoms with E-state index in [4.69, 9.17) is 11.6 Å². The Kier molecular flexibility index (Phi) is 4.28. The van der Waals surface area contributed by atoms with E-state index in [0.717, 1.165) is 0 Å². The molecular formula is C8H9ClN2O3S. The summed E-state index contributed by atoms with van der Waals surface area (Å²) in [6, 6.07) is 0. The summed E-state index contributed by atoms with van der Waals surface area (Å²) in [6.07, 6.45) is 1.71. The fourth-order valence-electron chi connectivity index (χ4n) is 0.957. The number of nitrogens with zero attached hydrogens (tertiary/aromatic N) is 2. The molecule has 1 unspecified atom stereocenters. The largest absolute Gasteiger partial charge is 0.465 e. The molecule has 1 aliphatic heterocycles. The van der Waals surface area contributed by atoms with Crippen molar-refractivity contribution in [2.75, 3.05) is 12.9 Å². The number of halogens is 1. The van der Waals surface area contributed by atoms with Crippen LogP contribution < -0.4 is 0 Å². The van der Waals surface area contributed by atoms with Crippen LogP contribution in [0.1, 0.15) is 6.92 Å². The number of hydrogen-bond donors (Lipinski definition) is 0. The lowest BCUT2D eigenvalue weighted by atomic mass is 10.1. The lowest BCUT2D eigenvalue weighted by molar-refractivity contribution is -0.148. The van der Waals surface area contributed by atoms with E-state index in [0.29, 0.717) is 0 Å². The maximum atomic E-state index is 11.4. The number of hydrogen-bond acceptors (Lipinski definition) is 5. The van der Waals surface area contributed by atoms with E-state index >= 15 is 0 Å². The Morgan fingerprint density at radius 1 is 1.60 bits per heavy atom. The van der Waals surface area contributed by atoms with Crippen LogP contribution in [0.4, 0.5) is 0 Å². The normalized spacial score (nSPS) is 20.7. The van der Waals surface area contributed by atoms with Crippen molar-refractivity contribution in [3.63, 3.8) is 0 Å². The summed E-state index contributed by atoms with van der Waals surface area (Å²) in [5, 5.41) is 0.170. The number of carbonyl (C=O) groups is 2. The lowest BCUT2D eigenvalue weighted by Crippen LogP contribution is -2.33. The Morgan fingerprint density at radius 3 is 2.73 bits per heavy atom. The van der Waals surface area contributed by atoms with E-state index in [9.17, 15) is 9.59 Å². The first-order valence-electron chi connectivity index (χ1n) is 4.17. The number of carbonyl (C=O) groups excluding carboxylic acids is 2. The van der Waals surface area contributed by atoms with E-state index < -0.39 is 17.8 Å². The van der Waals surface area contributed by atoms with Gasteiger partial charge >= 0.3 is 5.97 Å². The van der Waals surface area contributed by atoms with Crippen LogP contribution in [0.5, 0.6) is 0 Å². The molecular weight excluding hydrogens is 240 g/mol. The van der Waals surface area contributed by atoms with E-state index in [1.54, 1.807) is 13.2 Å². The molecule has 15 heavy (non-hydrogen) atoms. The Morgan fingerprint density at radius 2 is 2.27 bits per heavy atom. The number of rotatable bonds is 2. The fourth-order valence-corrected chi connectivity index (χ4v) is 1.64. The predicted octanol–water partition coefficient (Wildman–Crippen LogP) is 1.06. The fraction of sp³-hybridized carbons (Fsp3) is 0.500. The molecule has 7 heteroatoms. The minimum atomic E-state index is -1.19. The second-order valence-electron chi connectivity index (χ2n) is 2.56. The minimum absolute atomic E-state index is 0.0854. The van der Waals surface area contributed by atoms with E-state index in [1.807, 2.05) is 0 Å². The topological polar surface area (TPSA) is 68.1 Å². The monoisotopic (exact) mass is 248 g/mol. The zero-order valence-corrected chi connectivity index (χ0v) is 9.76. The van der Waals surface area contributed by atoms with Gasteiger partial charge in [-0.1, -0.05) is 23.4 Å². The molecule has 0 saturated heterocycles. The second kappa shape index (κ2) is 5.27. The maximum absolute atomic E-state index is 11.4. The van der Waals surface area contributed by atoms with E-state index in [2.05, 4.69) is 14.7 Å². The molecule has 0 N–H and O–H groups in total. The molecule has 1 amide bonds. The smallest absolute Gasteiger partial charge is 0.325 e. The highest BCUT2D eigenvalue weighted by molar-refractivity contribution is 8.13. The van der Waals surface area contributed by atoms with Gasteiger partial charge in [0, 0.05) is 0 Å². The van der Waals surface area contributed by atoms with Gasteiger partial charge in [-0.3, -0.25) is 9.59 Å². The Balaban J connectivity index is 2.87. The first-order chi connectivity index (χ1) is 7.10. The summed E-state index contributed by atoms with van der Waals surface area (Å²) < 4.78 is 4.69. The molecule has 0 aliphatic carbocycles. The summed E-state index contributed by atoms with van der Waals surface area (Å²) in [6.45, 7) is 1.83. The highest BCUT2D eigenvalue weighted by Gasteiger charge is 2.35. The SMILES string of the molecule is CCOC(=O)C1C(=O)N=C(SC)N=C1Cl. The Labute approximate surface area is 95.9 Å². The molecule has 0 bridgehead atoms. The average molecular weight is 249 g/mol. The van der Waals surface area contributed by atoms with Gasteiger partial charge in [-0.2, -0.15) is 4.99 Å². The molecule has 1 rings (SSSR count). The van der Waals surface area contributed by atoms with Crippen LogP contribution in [0, 0.1) is 5.92 Å². The number of aliphatic imine (C=N–C) groups is 2. The molecule has 0 saturated carbocycles. The molecule has 1 atom stereocenters. The van der Waals surface area contributed by atoms with Gasteiger partial charge in [-0.25, -0.2) is 4.99 Å². The molecule has 0 aromatic heterocycles. The summed E-state index contributed by atoms with van der Waals surface area (Å²) in [5.41, 5.74) is 0. The van der Waals surface area contributed by atoms with Crippen molar-refractivity contribution in [3.8, 4) is 0 Å². The zero-order valence-electron chi connectivity index (χ0n) is 8.19. The Hall–Kier alpha value is -0.880. The lowest BCUT2D eigenvalue weighted by Gasteiger charge is -2.14. The van der Waals surface area contributed by atoms with Crippen LogP contribution in [0.3, 0.4) is 0 Å². The molecule has 5 nitrogen and oxygen atoms in total. The maximum Gasteiger partial charge on any atom is 0.325 e. The molecule has 0 radical (unpaired) electrons. The summed E-state index contributed by atoms with van der Waals surface area (Å²) in [4.78, 5) is 30.2. The standard InChI is InChI=1S/C8H9ClN2O3S/c1-3-14-7(13)4-5(9)10-8(15-2)11-6(4)12/h4H,3H2,1-2H3. The molecule has 0 aromatic carbocycles. The average Bonchev–Trinajstić information content (AvgIpc) is 2.16. The minimum Gasteiger partial charge on any atom is -0.465 e. The third kappa shape index (κ3) is 2.79. The zero-order chi connectivity index (χ0) is 11.4. The summed E-state index contributed by atoms with van der Waals surface area (Å²) in [5.74, 6) is -2.53. The predicted molar refractivity (Wildman–Crippen MR) is 59.4 cm³/mol. The highest BCUT2D eigenvalue weighted by Crippen LogP contribution is 2.17.